The van der Waals surface area contributed by atoms with Crippen LogP contribution in [0.15, 0.2) is 48.0 Å². The number of carbonyl (C=O) groups is 2. The first-order chi connectivity index (χ1) is 14.5. The molecular formula is C21H17ClN4O3S. The molecule has 0 radical (unpaired) electrons. The maximum absolute atomic E-state index is 13.3. The van der Waals surface area contributed by atoms with Crippen molar-refractivity contribution in [2.45, 2.75) is 13.3 Å². The Hall–Kier alpha value is -3.23. The second-order valence-electron chi connectivity index (χ2n) is 6.56. The van der Waals surface area contributed by atoms with E-state index in [4.69, 9.17) is 16.3 Å². The quantitative estimate of drug-likeness (QED) is 0.499. The van der Waals surface area contributed by atoms with Crippen LogP contribution in [0.2, 0.25) is 5.02 Å². The van der Waals surface area contributed by atoms with Crippen LogP contribution in [0.3, 0.4) is 0 Å². The van der Waals surface area contributed by atoms with Crippen LogP contribution in [0.5, 0.6) is 5.75 Å². The van der Waals surface area contributed by atoms with Crippen molar-refractivity contribution in [2.75, 3.05) is 12.4 Å². The molecule has 1 N–H and O–H groups in total. The highest BCUT2D eigenvalue weighted by atomic mass is 35.5. The molecule has 0 unspecified atom stereocenters. The van der Waals surface area contributed by atoms with Gasteiger partial charge in [0.1, 0.15) is 11.3 Å². The predicted octanol–water partition coefficient (Wildman–Crippen LogP) is 4.33. The van der Waals surface area contributed by atoms with Crippen LogP contribution in [-0.2, 0) is 11.2 Å². The first kappa shape index (κ1) is 20.1. The number of hydrogen-bond donors (Lipinski definition) is 1. The Morgan fingerprint density at radius 3 is 2.63 bits per heavy atom. The van der Waals surface area contributed by atoms with E-state index >= 15 is 0 Å². The fourth-order valence-electron chi connectivity index (χ4n) is 3.35. The SMILES string of the molecule is COc1ccc2c(c1)c(CC(=O)Nc1nncs1)c(C)n2C(=O)c1ccc(Cl)cc1. The van der Waals surface area contributed by atoms with Crippen molar-refractivity contribution in [2.24, 2.45) is 0 Å². The van der Waals surface area contributed by atoms with Crippen LogP contribution in [0.25, 0.3) is 10.9 Å². The molecule has 2 aromatic carbocycles. The number of halogens is 1. The number of hydrogen-bond acceptors (Lipinski definition) is 6. The minimum Gasteiger partial charge on any atom is -0.497 e. The molecule has 1 amide bonds. The van der Waals surface area contributed by atoms with Crippen LogP contribution in [0.1, 0.15) is 21.6 Å². The van der Waals surface area contributed by atoms with E-state index < -0.39 is 0 Å². The van der Waals surface area contributed by atoms with E-state index in [1.54, 1.807) is 47.5 Å². The van der Waals surface area contributed by atoms with Crippen molar-refractivity contribution >= 4 is 50.8 Å². The van der Waals surface area contributed by atoms with E-state index in [9.17, 15) is 9.59 Å². The molecule has 2 heterocycles. The van der Waals surface area contributed by atoms with E-state index in [0.29, 0.717) is 32.7 Å². The van der Waals surface area contributed by atoms with Crippen LogP contribution < -0.4 is 10.1 Å². The molecule has 0 aliphatic rings. The Bertz CT molecular complexity index is 1230. The summed E-state index contributed by atoms with van der Waals surface area (Å²) in [5.74, 6) is 0.204. The zero-order valence-corrected chi connectivity index (χ0v) is 17.8. The molecule has 7 nitrogen and oxygen atoms in total. The van der Waals surface area contributed by atoms with Gasteiger partial charge in [0.2, 0.25) is 11.0 Å². The Kier molecular flexibility index (Phi) is 5.52. The van der Waals surface area contributed by atoms with E-state index in [-0.39, 0.29) is 18.2 Å². The standard InChI is InChI=1S/C21H17ClN4O3S/c1-12-16(10-19(27)24-21-25-23-11-30-21)17-9-15(29-2)7-8-18(17)26(12)20(28)13-3-5-14(22)6-4-13/h3-9,11H,10H2,1-2H3,(H,24,25,27). The van der Waals surface area contributed by atoms with Crippen LogP contribution in [0.4, 0.5) is 5.13 Å². The van der Waals surface area contributed by atoms with Crippen molar-refractivity contribution < 1.29 is 14.3 Å². The summed E-state index contributed by atoms with van der Waals surface area (Å²) in [5, 5.41) is 12.0. The molecule has 30 heavy (non-hydrogen) atoms. The molecule has 2 aromatic heterocycles. The second-order valence-corrected chi connectivity index (χ2v) is 7.83. The molecule has 0 spiro atoms. The van der Waals surface area contributed by atoms with E-state index in [1.165, 1.54) is 11.3 Å². The molecule has 152 valence electrons. The maximum Gasteiger partial charge on any atom is 0.262 e. The number of fused-ring (bicyclic) bond motifs is 1. The van der Waals surface area contributed by atoms with E-state index in [1.807, 2.05) is 19.1 Å². The lowest BCUT2D eigenvalue weighted by Crippen LogP contribution is -2.16. The molecular weight excluding hydrogens is 424 g/mol. The van der Waals surface area contributed by atoms with Gasteiger partial charge in [-0.25, -0.2) is 0 Å². The number of benzene rings is 2. The average Bonchev–Trinajstić information content (AvgIpc) is 3.34. The topological polar surface area (TPSA) is 86.1 Å². The largest absolute Gasteiger partial charge is 0.497 e. The highest BCUT2D eigenvalue weighted by molar-refractivity contribution is 7.13. The third-order valence-corrected chi connectivity index (χ3v) is 5.64. The summed E-state index contributed by atoms with van der Waals surface area (Å²) in [6.45, 7) is 1.83. The molecule has 0 saturated carbocycles. The van der Waals surface area contributed by atoms with Gasteiger partial charge >= 0.3 is 0 Å². The van der Waals surface area contributed by atoms with Gasteiger partial charge in [-0.2, -0.15) is 0 Å². The maximum atomic E-state index is 13.3. The van der Waals surface area contributed by atoms with Crippen LogP contribution in [0, 0.1) is 6.92 Å². The molecule has 9 heteroatoms. The molecule has 0 atom stereocenters. The van der Waals surface area contributed by atoms with Gasteiger partial charge in [0, 0.05) is 21.7 Å². The first-order valence-corrected chi connectivity index (χ1v) is 10.3. The van der Waals surface area contributed by atoms with E-state index in [0.717, 1.165) is 10.9 Å². The summed E-state index contributed by atoms with van der Waals surface area (Å²) in [4.78, 5) is 25.9. The van der Waals surface area contributed by atoms with Gasteiger partial charge < -0.3 is 10.1 Å². The van der Waals surface area contributed by atoms with Gasteiger partial charge in [0.05, 0.1) is 19.0 Å². The number of carbonyl (C=O) groups excluding carboxylic acids is 2. The lowest BCUT2D eigenvalue weighted by Gasteiger charge is -2.08. The zero-order valence-electron chi connectivity index (χ0n) is 16.2. The summed E-state index contributed by atoms with van der Waals surface area (Å²) in [6, 6.07) is 12.2. The lowest BCUT2D eigenvalue weighted by atomic mass is 10.1. The number of rotatable bonds is 5. The summed E-state index contributed by atoms with van der Waals surface area (Å²) >= 11 is 7.20. The smallest absolute Gasteiger partial charge is 0.262 e. The summed E-state index contributed by atoms with van der Waals surface area (Å²) < 4.78 is 6.97. The van der Waals surface area contributed by atoms with Crippen LogP contribution in [-0.4, -0.2) is 33.7 Å². The lowest BCUT2D eigenvalue weighted by molar-refractivity contribution is -0.115. The van der Waals surface area contributed by atoms with E-state index in [2.05, 4.69) is 15.5 Å². The number of ether oxygens (including phenoxy) is 1. The van der Waals surface area contributed by atoms with Gasteiger partial charge in [-0.1, -0.05) is 22.9 Å². The number of nitrogens with one attached hydrogen (secondary N) is 1. The highest BCUT2D eigenvalue weighted by Crippen LogP contribution is 2.31. The number of amides is 1. The van der Waals surface area contributed by atoms with Crippen molar-refractivity contribution in [3.63, 3.8) is 0 Å². The molecule has 0 fully saturated rings. The molecule has 4 aromatic rings. The fraction of sp³-hybridized carbons (Fsp3) is 0.143. The summed E-state index contributed by atoms with van der Waals surface area (Å²) in [5.41, 5.74) is 4.17. The molecule has 0 bridgehead atoms. The van der Waals surface area contributed by atoms with Crippen molar-refractivity contribution in [3.8, 4) is 5.75 Å². The number of aromatic nitrogens is 3. The monoisotopic (exact) mass is 440 g/mol. The van der Waals surface area contributed by atoms with Gasteiger partial charge in [-0.15, -0.1) is 10.2 Å². The normalized spacial score (nSPS) is 10.9. The number of anilines is 1. The molecule has 4 rings (SSSR count). The van der Waals surface area contributed by atoms with Crippen molar-refractivity contribution in [3.05, 3.63) is 69.8 Å². The number of methoxy groups -OCH3 is 1. The van der Waals surface area contributed by atoms with Gasteiger partial charge in [0.15, 0.2) is 0 Å². The van der Waals surface area contributed by atoms with Crippen molar-refractivity contribution in [1.82, 2.24) is 14.8 Å². The first-order valence-electron chi connectivity index (χ1n) is 9.02. The molecule has 0 aliphatic heterocycles. The zero-order chi connectivity index (χ0) is 21.3. The van der Waals surface area contributed by atoms with Gasteiger partial charge in [0.25, 0.3) is 5.91 Å². The Morgan fingerprint density at radius 2 is 1.97 bits per heavy atom. The third-order valence-electron chi connectivity index (χ3n) is 4.78. The minimum absolute atomic E-state index is 0.0793. The highest BCUT2D eigenvalue weighted by Gasteiger charge is 2.22. The van der Waals surface area contributed by atoms with Gasteiger partial charge in [-0.05, 0) is 55.0 Å². The van der Waals surface area contributed by atoms with Gasteiger partial charge in [-0.3, -0.25) is 14.2 Å². The predicted molar refractivity (Wildman–Crippen MR) is 117 cm³/mol. The molecule has 0 saturated heterocycles. The molecule has 0 aliphatic carbocycles. The van der Waals surface area contributed by atoms with Crippen molar-refractivity contribution in [1.29, 1.82) is 0 Å². The summed E-state index contributed by atoms with van der Waals surface area (Å²) in [6.07, 6.45) is 0.0793. The fourth-order valence-corrected chi connectivity index (χ4v) is 3.93. The van der Waals surface area contributed by atoms with Crippen LogP contribution >= 0.6 is 22.9 Å². The number of nitrogens with zero attached hydrogens (tertiary/aromatic N) is 3. The Balaban J connectivity index is 1.79. The third kappa shape index (κ3) is 3.79. The second kappa shape index (κ2) is 8.25. The average molecular weight is 441 g/mol. The Labute approximate surface area is 181 Å². The minimum atomic E-state index is -0.240. The summed E-state index contributed by atoms with van der Waals surface area (Å²) in [7, 11) is 1.58. The Morgan fingerprint density at radius 1 is 1.20 bits per heavy atom.